The molecular weight excluding hydrogens is 789 g/mol. The van der Waals surface area contributed by atoms with Gasteiger partial charge < -0.3 is 47.1 Å². The van der Waals surface area contributed by atoms with E-state index in [1.807, 2.05) is 18.8 Å². The van der Waals surface area contributed by atoms with E-state index in [4.69, 9.17) is 26.2 Å². The van der Waals surface area contributed by atoms with Crippen LogP contribution in [-0.2, 0) is 34.0 Å². The lowest BCUT2D eigenvalue weighted by Gasteiger charge is -2.23. The van der Waals surface area contributed by atoms with Crippen LogP contribution < -0.4 is 43.4 Å². The number of ether oxygens (including phenoxy) is 1. The van der Waals surface area contributed by atoms with Gasteiger partial charge >= 0.3 is 5.97 Å². The molecule has 0 saturated heterocycles. The minimum absolute atomic E-state index is 0.0168. The Morgan fingerprint density at radius 2 is 1.53 bits per heavy atom. The molecule has 0 aliphatic rings. The predicted molar refractivity (Wildman–Crippen MR) is 227 cm³/mol. The Labute approximate surface area is 347 Å². The summed E-state index contributed by atoms with van der Waals surface area (Å²) >= 11 is 1.90. The molecule has 0 saturated carbocycles. The Hall–Kier alpha value is -4.11. The number of esters is 1. The molecule has 0 aliphatic carbocycles. The van der Waals surface area contributed by atoms with E-state index in [2.05, 4.69) is 33.7 Å². The highest BCUT2D eigenvalue weighted by Crippen LogP contribution is 2.12. The molecule has 19 heteroatoms. The van der Waals surface area contributed by atoms with Gasteiger partial charge in [-0.2, -0.15) is 17.2 Å². The molecule has 0 heterocycles. The molecule has 3 atom stereocenters. The quantitative estimate of drug-likeness (QED) is 0.0191. The molecule has 3 amide bonds. The summed E-state index contributed by atoms with van der Waals surface area (Å²) in [6, 6.07) is 11.1. The number of benzene rings is 2. The van der Waals surface area contributed by atoms with E-state index in [1.54, 1.807) is 31.4 Å². The van der Waals surface area contributed by atoms with Crippen LogP contribution in [0.25, 0.3) is 0 Å². The highest BCUT2D eigenvalue weighted by Gasteiger charge is 2.23. The number of primary sulfonamides is 1. The van der Waals surface area contributed by atoms with Crippen molar-refractivity contribution in [2.75, 3.05) is 57.6 Å². The molecule has 2 aromatic carbocycles. The molecule has 3 unspecified atom stereocenters. The first-order valence-corrected chi connectivity index (χ1v) is 22.1. The van der Waals surface area contributed by atoms with E-state index in [0.29, 0.717) is 55.9 Å². The summed E-state index contributed by atoms with van der Waals surface area (Å²) in [6.45, 7) is 3.17. The number of carbonyl (C=O) groups is 5. The van der Waals surface area contributed by atoms with Crippen molar-refractivity contribution in [2.24, 2.45) is 10.9 Å². The summed E-state index contributed by atoms with van der Waals surface area (Å²) in [4.78, 5) is 63.9. The maximum atomic E-state index is 12.5. The number of hydrogen-bond donors (Lipinski definition) is 8. The van der Waals surface area contributed by atoms with Crippen LogP contribution in [0.4, 0.5) is 5.69 Å². The number of likely N-dealkylation sites (N-methyl/N-ethyl adjacent to an activating group) is 1. The van der Waals surface area contributed by atoms with E-state index in [-0.39, 0.29) is 35.6 Å². The van der Waals surface area contributed by atoms with Crippen LogP contribution in [0.2, 0.25) is 0 Å². The van der Waals surface area contributed by atoms with Crippen LogP contribution in [0.3, 0.4) is 0 Å². The lowest BCUT2D eigenvalue weighted by Crippen LogP contribution is -2.46. The molecule has 0 fully saturated rings. The van der Waals surface area contributed by atoms with Gasteiger partial charge in [0.2, 0.25) is 15.9 Å². The zero-order valence-electron chi connectivity index (χ0n) is 34.0. The first-order valence-electron chi connectivity index (χ1n) is 19.4. The summed E-state index contributed by atoms with van der Waals surface area (Å²) in [5.41, 5.74) is 15.2. The van der Waals surface area contributed by atoms with Gasteiger partial charge in [-0.15, -0.1) is 0 Å². The molecule has 326 valence electrons. The second-order valence-corrected chi connectivity index (χ2v) is 16.0. The lowest BCUT2D eigenvalue weighted by atomic mass is 10.1. The van der Waals surface area contributed by atoms with E-state index in [9.17, 15) is 32.4 Å². The number of rotatable bonds is 29. The summed E-state index contributed by atoms with van der Waals surface area (Å²) in [5, 5.41) is 16.5. The molecule has 11 N–H and O–H groups in total. The van der Waals surface area contributed by atoms with Crippen LogP contribution in [0.1, 0.15) is 91.8 Å². The van der Waals surface area contributed by atoms with Crippen molar-refractivity contribution < 1.29 is 42.0 Å². The highest BCUT2D eigenvalue weighted by molar-refractivity contribution is 7.99. The first kappa shape index (κ1) is 51.9. The number of nitrogens with one attached hydrogen (secondary N) is 5. The van der Waals surface area contributed by atoms with E-state index >= 15 is 0 Å². The number of thioether (sulfide) groups is 1. The van der Waals surface area contributed by atoms with Crippen LogP contribution in [-0.4, -0.2) is 108 Å². The maximum absolute atomic E-state index is 12.5. The number of unbranched alkanes of at least 4 members (excludes halogenated alkanes) is 5. The van der Waals surface area contributed by atoms with Crippen LogP contribution in [0, 0.1) is 0 Å². The minimum Gasteiger partial charge on any atom is -0.462 e. The number of anilines is 1. The smallest absolute Gasteiger partial charge is 0.328 e. The summed E-state index contributed by atoms with van der Waals surface area (Å²) in [6.07, 6.45) is 8.68. The third kappa shape index (κ3) is 23.3. The van der Waals surface area contributed by atoms with Crippen molar-refractivity contribution in [3.05, 3.63) is 59.7 Å². The monoisotopic (exact) mass is 852 g/mol. The van der Waals surface area contributed by atoms with Crippen molar-refractivity contribution in [3.8, 4) is 0 Å². The van der Waals surface area contributed by atoms with Crippen LogP contribution in [0.5, 0.6) is 0 Å². The van der Waals surface area contributed by atoms with Crippen molar-refractivity contribution >= 4 is 57.4 Å². The molecule has 58 heavy (non-hydrogen) atoms. The molecule has 0 radical (unpaired) electrons. The zero-order valence-corrected chi connectivity index (χ0v) is 35.6. The molecule has 0 aromatic heterocycles. The minimum atomic E-state index is -3.85. The fourth-order valence-electron chi connectivity index (χ4n) is 5.22. The number of nitrogen functional groups attached to an aromatic ring is 1. The third-order valence-electron chi connectivity index (χ3n) is 8.63. The summed E-state index contributed by atoms with van der Waals surface area (Å²) < 4.78 is 27.8. The Morgan fingerprint density at radius 1 is 0.862 bits per heavy atom. The van der Waals surface area contributed by atoms with Crippen molar-refractivity contribution in [1.82, 2.24) is 26.7 Å². The van der Waals surface area contributed by atoms with Gasteiger partial charge in [0.15, 0.2) is 0 Å². The van der Waals surface area contributed by atoms with Crippen molar-refractivity contribution in [1.29, 1.82) is 0 Å². The second kappa shape index (κ2) is 30.9. The lowest BCUT2D eigenvalue weighted by molar-refractivity contribution is -0.146. The number of nitrogens with two attached hydrogens (primary N) is 3. The molecular formula is C39H64N8O9S2. The van der Waals surface area contributed by atoms with Gasteiger partial charge in [-0.25, -0.2) is 18.4 Å². The summed E-state index contributed by atoms with van der Waals surface area (Å²) in [5.74, 6) is 0.672. The fraction of sp³-hybridized carbons (Fsp3) is 0.564. The van der Waals surface area contributed by atoms with Gasteiger partial charge in [0, 0.05) is 54.0 Å². The normalized spacial score (nSPS) is 12.6. The SMILES string of the molecule is CNC(CSCCCCC(=O)NCCCCCC=O)C(C)NOC.NCCCCC(NC(=O)c1ccc(N)cc1)C(=O)OCCNC(=O)c1ccc(S(N)(=O)=O)cc1. The third-order valence-corrected chi connectivity index (χ3v) is 10.7. The number of sulfonamides is 1. The Morgan fingerprint density at radius 3 is 2.16 bits per heavy atom. The maximum Gasteiger partial charge on any atom is 0.328 e. The van der Waals surface area contributed by atoms with Crippen molar-refractivity contribution in [3.63, 3.8) is 0 Å². The average Bonchev–Trinajstić information content (AvgIpc) is 3.20. The first-order chi connectivity index (χ1) is 27.8. The summed E-state index contributed by atoms with van der Waals surface area (Å²) in [7, 11) is -0.260. The van der Waals surface area contributed by atoms with Gasteiger partial charge in [0.05, 0.1) is 18.6 Å². The largest absolute Gasteiger partial charge is 0.462 e. The van der Waals surface area contributed by atoms with Crippen LogP contribution in [0.15, 0.2) is 53.4 Å². The van der Waals surface area contributed by atoms with Crippen molar-refractivity contribution in [2.45, 2.75) is 94.2 Å². The fourth-order valence-corrected chi connectivity index (χ4v) is 7.02. The zero-order chi connectivity index (χ0) is 43.2. The van der Waals surface area contributed by atoms with Gasteiger partial charge in [0.25, 0.3) is 11.8 Å². The average molecular weight is 853 g/mol. The van der Waals surface area contributed by atoms with E-state index in [0.717, 1.165) is 56.4 Å². The standard InChI is InChI=1S/C22H29N5O6S.C17H35N3O3S/c23-12-2-1-3-19(27-21(29)16-4-8-17(24)9-5-16)22(30)33-14-13-26-20(28)15-6-10-18(11-7-15)34(25,31)32;1-15(20-23-3)16(18-2)14-24-13-9-6-10-17(22)19-11-7-4-5-8-12-21/h4-11,19H,1-3,12-14,23-24H2,(H,26,28)(H,27,29)(H2,25,31,32);12,15-16,18,20H,4-11,13-14H2,1-3H3,(H,19,22). The number of hydroxylamine groups is 1. The van der Waals surface area contributed by atoms with E-state index in [1.165, 1.54) is 24.3 Å². The number of carbonyl (C=O) groups excluding carboxylic acids is 5. The molecule has 0 aliphatic heterocycles. The van der Waals surface area contributed by atoms with E-state index < -0.39 is 33.8 Å². The Balaban J connectivity index is 0.000000619. The topological polar surface area (TPSA) is 276 Å². The van der Waals surface area contributed by atoms with Gasteiger partial charge in [0.1, 0.15) is 18.9 Å². The Kier molecular flexibility index (Phi) is 27.7. The number of aldehydes is 1. The number of hydrogen-bond acceptors (Lipinski definition) is 14. The Bertz CT molecular complexity index is 1600. The molecule has 0 bridgehead atoms. The highest BCUT2D eigenvalue weighted by atomic mass is 32.2. The van der Waals surface area contributed by atoms with Crippen LogP contribution >= 0.6 is 11.8 Å². The predicted octanol–water partition coefficient (Wildman–Crippen LogP) is 2.01. The van der Waals surface area contributed by atoms with Gasteiger partial charge in [-0.05, 0) is 120 Å². The molecule has 2 rings (SSSR count). The molecule has 17 nitrogen and oxygen atoms in total. The second-order valence-electron chi connectivity index (χ2n) is 13.3. The number of amides is 3. The van der Waals surface area contributed by atoms with Gasteiger partial charge in [-0.3, -0.25) is 14.4 Å². The molecule has 2 aromatic rings. The van der Waals surface area contributed by atoms with Gasteiger partial charge in [-0.1, -0.05) is 6.42 Å². The molecule has 0 spiro atoms.